The van der Waals surface area contributed by atoms with Gasteiger partial charge in [-0.05, 0) is 12.1 Å². The lowest BCUT2D eigenvalue weighted by Gasteiger charge is -2.04. The SMILES string of the molecule is O=C1NCc2nncn2-c2ccccc21. The molecule has 0 radical (unpaired) electrons. The Kier molecular flexibility index (Phi) is 1.58. The van der Waals surface area contributed by atoms with E-state index in [1.54, 1.807) is 12.4 Å². The molecule has 2 heterocycles. The maximum absolute atomic E-state index is 11.7. The minimum atomic E-state index is -0.0731. The van der Waals surface area contributed by atoms with Crippen molar-refractivity contribution in [1.29, 1.82) is 0 Å². The second-order valence-corrected chi connectivity index (χ2v) is 3.32. The Hall–Kier alpha value is -2.17. The van der Waals surface area contributed by atoms with Gasteiger partial charge in [0, 0.05) is 0 Å². The maximum atomic E-state index is 11.7. The van der Waals surface area contributed by atoms with Crippen LogP contribution in [-0.4, -0.2) is 20.7 Å². The minimum absolute atomic E-state index is 0.0731. The summed E-state index contributed by atoms with van der Waals surface area (Å²) in [5.74, 6) is 0.671. The van der Waals surface area contributed by atoms with Crippen LogP contribution in [0, 0.1) is 0 Å². The predicted octanol–water partition coefficient (Wildman–Crippen LogP) is 0.511. The van der Waals surface area contributed by atoms with E-state index in [1.165, 1.54) is 0 Å². The molecule has 1 aliphatic heterocycles. The highest BCUT2D eigenvalue weighted by molar-refractivity contribution is 5.98. The van der Waals surface area contributed by atoms with E-state index in [4.69, 9.17) is 0 Å². The average molecular weight is 200 g/mol. The van der Waals surface area contributed by atoms with Crippen molar-refractivity contribution in [3.05, 3.63) is 42.0 Å². The van der Waals surface area contributed by atoms with E-state index in [-0.39, 0.29) is 5.91 Å². The summed E-state index contributed by atoms with van der Waals surface area (Å²) in [6, 6.07) is 7.40. The summed E-state index contributed by atoms with van der Waals surface area (Å²) in [5.41, 5.74) is 1.48. The molecule has 1 aromatic heterocycles. The first-order chi connectivity index (χ1) is 7.36. The molecule has 1 aliphatic rings. The molecule has 0 atom stereocenters. The molecule has 5 nitrogen and oxygen atoms in total. The Morgan fingerprint density at radius 2 is 2.20 bits per heavy atom. The summed E-state index contributed by atoms with van der Waals surface area (Å²) in [6.45, 7) is 0.410. The molecule has 1 aromatic carbocycles. The molecule has 0 saturated carbocycles. The molecular weight excluding hydrogens is 192 g/mol. The van der Waals surface area contributed by atoms with E-state index >= 15 is 0 Å². The van der Waals surface area contributed by atoms with Crippen molar-refractivity contribution in [2.24, 2.45) is 0 Å². The summed E-state index contributed by atoms with van der Waals surface area (Å²) in [6.07, 6.45) is 1.62. The lowest BCUT2D eigenvalue weighted by molar-refractivity contribution is 0.0952. The summed E-state index contributed by atoms with van der Waals surface area (Å²) >= 11 is 0. The zero-order chi connectivity index (χ0) is 10.3. The number of aromatic nitrogens is 3. The molecule has 2 aromatic rings. The number of hydrogen-bond acceptors (Lipinski definition) is 3. The molecule has 3 rings (SSSR count). The topological polar surface area (TPSA) is 59.8 Å². The quantitative estimate of drug-likeness (QED) is 0.674. The van der Waals surface area contributed by atoms with Crippen LogP contribution in [0.15, 0.2) is 30.6 Å². The van der Waals surface area contributed by atoms with Gasteiger partial charge in [0.2, 0.25) is 0 Å². The van der Waals surface area contributed by atoms with Gasteiger partial charge in [-0.15, -0.1) is 10.2 Å². The lowest BCUT2D eigenvalue weighted by atomic mass is 10.1. The zero-order valence-corrected chi connectivity index (χ0v) is 7.84. The Morgan fingerprint density at radius 3 is 3.13 bits per heavy atom. The van der Waals surface area contributed by atoms with Crippen molar-refractivity contribution >= 4 is 5.91 Å². The second-order valence-electron chi connectivity index (χ2n) is 3.32. The van der Waals surface area contributed by atoms with Crippen LogP contribution >= 0.6 is 0 Å². The molecule has 15 heavy (non-hydrogen) atoms. The number of fused-ring (bicyclic) bond motifs is 3. The molecule has 5 heteroatoms. The number of nitrogens with zero attached hydrogens (tertiary/aromatic N) is 3. The number of hydrogen-bond donors (Lipinski definition) is 1. The van der Waals surface area contributed by atoms with E-state index < -0.39 is 0 Å². The van der Waals surface area contributed by atoms with Crippen LogP contribution in [0.1, 0.15) is 16.2 Å². The molecular formula is C10H8N4O. The van der Waals surface area contributed by atoms with Gasteiger partial charge in [0.1, 0.15) is 6.33 Å². The Labute approximate surface area is 85.8 Å². The fourth-order valence-corrected chi connectivity index (χ4v) is 1.71. The van der Waals surface area contributed by atoms with E-state index in [0.29, 0.717) is 12.1 Å². The Bertz CT molecular complexity index is 532. The minimum Gasteiger partial charge on any atom is -0.345 e. The predicted molar refractivity (Wildman–Crippen MR) is 52.5 cm³/mol. The van der Waals surface area contributed by atoms with Crippen LogP contribution < -0.4 is 5.32 Å². The highest BCUT2D eigenvalue weighted by Gasteiger charge is 2.19. The van der Waals surface area contributed by atoms with Crippen molar-refractivity contribution in [2.75, 3.05) is 0 Å². The monoisotopic (exact) mass is 200 g/mol. The highest BCUT2D eigenvalue weighted by Crippen LogP contribution is 2.18. The van der Waals surface area contributed by atoms with Gasteiger partial charge in [0.15, 0.2) is 5.82 Å². The second kappa shape index (κ2) is 2.91. The number of benzene rings is 1. The van der Waals surface area contributed by atoms with Crippen molar-refractivity contribution in [3.8, 4) is 5.69 Å². The standard InChI is InChI=1S/C10H8N4O/c15-10-7-3-1-2-4-8(7)14-6-12-13-9(14)5-11-10/h1-4,6H,5H2,(H,11,15). The van der Waals surface area contributed by atoms with Gasteiger partial charge in [-0.2, -0.15) is 0 Å². The normalized spacial score (nSPS) is 13.7. The van der Waals surface area contributed by atoms with Gasteiger partial charge >= 0.3 is 0 Å². The Balaban J connectivity index is 2.32. The molecule has 0 spiro atoms. The van der Waals surface area contributed by atoms with Gasteiger partial charge < -0.3 is 5.32 Å². The van der Waals surface area contributed by atoms with Gasteiger partial charge in [-0.25, -0.2) is 0 Å². The summed E-state index contributed by atoms with van der Waals surface area (Å²) in [7, 11) is 0. The van der Waals surface area contributed by atoms with Gasteiger partial charge in [0.05, 0.1) is 17.8 Å². The van der Waals surface area contributed by atoms with Crippen LogP contribution in [0.3, 0.4) is 0 Å². The van der Waals surface area contributed by atoms with Crippen molar-refractivity contribution in [3.63, 3.8) is 0 Å². The van der Waals surface area contributed by atoms with Crippen LogP contribution in [-0.2, 0) is 6.54 Å². The highest BCUT2D eigenvalue weighted by atomic mass is 16.1. The van der Waals surface area contributed by atoms with E-state index in [9.17, 15) is 4.79 Å². The van der Waals surface area contributed by atoms with E-state index in [1.807, 2.05) is 22.8 Å². The average Bonchev–Trinajstić information content (AvgIpc) is 2.69. The molecule has 0 unspecified atom stereocenters. The van der Waals surface area contributed by atoms with Gasteiger partial charge in [0.25, 0.3) is 5.91 Å². The number of nitrogens with one attached hydrogen (secondary N) is 1. The Morgan fingerprint density at radius 1 is 1.33 bits per heavy atom. The third-order valence-corrected chi connectivity index (χ3v) is 2.43. The molecule has 1 amide bonds. The number of carbonyl (C=O) groups excluding carboxylic acids is 1. The van der Waals surface area contributed by atoms with E-state index in [0.717, 1.165) is 11.5 Å². The first kappa shape index (κ1) is 8.16. The van der Waals surface area contributed by atoms with Crippen LogP contribution in [0.25, 0.3) is 5.69 Å². The largest absolute Gasteiger partial charge is 0.345 e. The van der Waals surface area contributed by atoms with Crippen LogP contribution in [0.5, 0.6) is 0 Å². The summed E-state index contributed by atoms with van der Waals surface area (Å²) in [4.78, 5) is 11.7. The molecule has 74 valence electrons. The number of amides is 1. The third kappa shape index (κ3) is 1.13. The first-order valence-electron chi connectivity index (χ1n) is 4.63. The number of carbonyl (C=O) groups is 1. The smallest absolute Gasteiger partial charge is 0.253 e. The lowest BCUT2D eigenvalue weighted by Crippen LogP contribution is -2.21. The van der Waals surface area contributed by atoms with Gasteiger partial charge in [-0.1, -0.05) is 12.1 Å². The molecule has 1 N–H and O–H groups in total. The third-order valence-electron chi connectivity index (χ3n) is 2.43. The van der Waals surface area contributed by atoms with Crippen molar-refractivity contribution in [1.82, 2.24) is 20.1 Å². The van der Waals surface area contributed by atoms with Crippen molar-refractivity contribution in [2.45, 2.75) is 6.54 Å². The molecule has 0 fully saturated rings. The van der Waals surface area contributed by atoms with Crippen LogP contribution in [0.2, 0.25) is 0 Å². The maximum Gasteiger partial charge on any atom is 0.253 e. The zero-order valence-electron chi connectivity index (χ0n) is 7.84. The summed E-state index contributed by atoms with van der Waals surface area (Å²) in [5, 5.41) is 10.6. The number of rotatable bonds is 0. The molecule has 0 saturated heterocycles. The summed E-state index contributed by atoms with van der Waals surface area (Å²) < 4.78 is 1.83. The van der Waals surface area contributed by atoms with E-state index in [2.05, 4.69) is 15.5 Å². The first-order valence-corrected chi connectivity index (χ1v) is 4.63. The number of para-hydroxylation sites is 1. The van der Waals surface area contributed by atoms with Crippen LogP contribution in [0.4, 0.5) is 0 Å². The van der Waals surface area contributed by atoms with Gasteiger partial charge in [-0.3, -0.25) is 9.36 Å². The molecule has 0 bridgehead atoms. The fourth-order valence-electron chi connectivity index (χ4n) is 1.71. The van der Waals surface area contributed by atoms with Crippen molar-refractivity contribution < 1.29 is 4.79 Å². The molecule has 0 aliphatic carbocycles. The fraction of sp³-hybridized carbons (Fsp3) is 0.100.